The van der Waals surface area contributed by atoms with E-state index in [1.807, 2.05) is 6.92 Å². The van der Waals surface area contributed by atoms with Crippen LogP contribution in [-0.4, -0.2) is 19.0 Å². The number of nitrogens with one attached hydrogen (secondary N) is 2. The quantitative estimate of drug-likeness (QED) is 0.787. The summed E-state index contributed by atoms with van der Waals surface area (Å²) in [6.07, 6.45) is 0. The molecule has 3 amide bonds. The predicted molar refractivity (Wildman–Crippen MR) is 62.2 cm³/mol. The van der Waals surface area contributed by atoms with Crippen molar-refractivity contribution in [2.45, 2.75) is 13.0 Å². The van der Waals surface area contributed by atoms with Crippen LogP contribution in [0.1, 0.15) is 17.2 Å². The Labute approximate surface area is 103 Å². The van der Waals surface area contributed by atoms with Crippen molar-refractivity contribution >= 4 is 23.5 Å². The van der Waals surface area contributed by atoms with Gasteiger partial charge in [-0.2, -0.15) is 0 Å². The molecule has 17 heavy (non-hydrogen) atoms. The maximum Gasteiger partial charge on any atom is 0.322 e. The monoisotopic (exact) mass is 254 g/mol. The molecule has 0 aliphatic carbocycles. The van der Waals surface area contributed by atoms with Crippen molar-refractivity contribution in [1.82, 2.24) is 10.6 Å². The fourth-order valence-corrected chi connectivity index (χ4v) is 2.17. The van der Waals surface area contributed by atoms with E-state index >= 15 is 0 Å². The van der Waals surface area contributed by atoms with Crippen LogP contribution < -0.4 is 15.4 Å². The van der Waals surface area contributed by atoms with Gasteiger partial charge in [0, 0.05) is 10.6 Å². The molecule has 6 heteroatoms. The lowest BCUT2D eigenvalue weighted by atomic mass is 10.0. The number of imide groups is 1. The van der Waals surface area contributed by atoms with Gasteiger partial charge in [0.2, 0.25) is 0 Å². The van der Waals surface area contributed by atoms with Crippen molar-refractivity contribution in [3.8, 4) is 5.75 Å². The minimum Gasteiger partial charge on any atom is -0.496 e. The molecular weight excluding hydrogens is 244 g/mol. The molecule has 1 aliphatic heterocycles. The van der Waals surface area contributed by atoms with Gasteiger partial charge in [0.1, 0.15) is 11.8 Å². The van der Waals surface area contributed by atoms with Gasteiger partial charge in [-0.1, -0.05) is 11.6 Å². The highest BCUT2D eigenvalue weighted by molar-refractivity contribution is 6.30. The highest BCUT2D eigenvalue weighted by atomic mass is 35.5. The minimum atomic E-state index is -0.755. The Bertz CT molecular complexity index is 502. The van der Waals surface area contributed by atoms with Gasteiger partial charge in [-0.15, -0.1) is 0 Å². The fraction of sp³-hybridized carbons (Fsp3) is 0.273. The van der Waals surface area contributed by atoms with E-state index in [1.54, 1.807) is 12.1 Å². The molecule has 1 unspecified atom stereocenters. The van der Waals surface area contributed by atoms with Crippen LogP contribution in [0.4, 0.5) is 4.79 Å². The Morgan fingerprint density at radius 3 is 2.59 bits per heavy atom. The van der Waals surface area contributed by atoms with Crippen molar-refractivity contribution in [2.24, 2.45) is 0 Å². The van der Waals surface area contributed by atoms with E-state index in [9.17, 15) is 9.59 Å². The maximum atomic E-state index is 11.6. The van der Waals surface area contributed by atoms with E-state index in [1.165, 1.54) is 7.11 Å². The normalized spacial score (nSPS) is 18.9. The van der Waals surface area contributed by atoms with Crippen molar-refractivity contribution in [1.29, 1.82) is 0 Å². The molecule has 2 rings (SSSR count). The summed E-state index contributed by atoms with van der Waals surface area (Å²) in [6, 6.07) is 2.08. The molecule has 1 fully saturated rings. The molecule has 1 saturated heterocycles. The zero-order chi connectivity index (χ0) is 12.6. The van der Waals surface area contributed by atoms with Crippen LogP contribution in [-0.2, 0) is 4.79 Å². The topological polar surface area (TPSA) is 67.4 Å². The van der Waals surface area contributed by atoms with Crippen molar-refractivity contribution in [3.05, 3.63) is 28.3 Å². The summed E-state index contributed by atoms with van der Waals surface area (Å²) >= 11 is 5.94. The second kappa shape index (κ2) is 4.25. The van der Waals surface area contributed by atoms with Crippen molar-refractivity contribution in [2.75, 3.05) is 7.11 Å². The van der Waals surface area contributed by atoms with Crippen LogP contribution in [0.3, 0.4) is 0 Å². The molecule has 5 nitrogen and oxygen atoms in total. The summed E-state index contributed by atoms with van der Waals surface area (Å²) in [5.41, 5.74) is 1.37. The zero-order valence-corrected chi connectivity index (χ0v) is 10.1. The summed E-state index contributed by atoms with van der Waals surface area (Å²) in [5.74, 6) is 0.145. The lowest BCUT2D eigenvalue weighted by Gasteiger charge is -2.15. The SMILES string of the molecule is COc1c(C)cc(Cl)cc1C1NC(=O)NC1=O. The number of hydrogen-bond acceptors (Lipinski definition) is 3. The van der Waals surface area contributed by atoms with Gasteiger partial charge in [-0.25, -0.2) is 4.79 Å². The van der Waals surface area contributed by atoms with Crippen LogP contribution >= 0.6 is 11.6 Å². The van der Waals surface area contributed by atoms with E-state index in [0.717, 1.165) is 5.56 Å². The smallest absolute Gasteiger partial charge is 0.322 e. The average Bonchev–Trinajstić information content (AvgIpc) is 2.56. The van der Waals surface area contributed by atoms with Crippen LogP contribution in [0.15, 0.2) is 12.1 Å². The van der Waals surface area contributed by atoms with Gasteiger partial charge in [0.15, 0.2) is 0 Å². The van der Waals surface area contributed by atoms with Crippen LogP contribution in [0.25, 0.3) is 0 Å². The van der Waals surface area contributed by atoms with Gasteiger partial charge in [0.05, 0.1) is 7.11 Å². The molecule has 1 atom stereocenters. The Kier molecular flexibility index (Phi) is 2.93. The Morgan fingerprint density at radius 2 is 2.06 bits per heavy atom. The second-order valence-corrected chi connectivity index (χ2v) is 4.18. The summed E-state index contributed by atoms with van der Waals surface area (Å²) in [7, 11) is 1.51. The van der Waals surface area contributed by atoms with Crippen molar-refractivity contribution < 1.29 is 14.3 Å². The number of hydrogen-bond donors (Lipinski definition) is 2. The zero-order valence-electron chi connectivity index (χ0n) is 9.33. The lowest BCUT2D eigenvalue weighted by molar-refractivity contribution is -0.120. The van der Waals surface area contributed by atoms with E-state index in [4.69, 9.17) is 16.3 Å². The number of ether oxygens (including phenoxy) is 1. The third kappa shape index (κ3) is 2.06. The summed E-state index contributed by atoms with van der Waals surface area (Å²) in [4.78, 5) is 22.7. The van der Waals surface area contributed by atoms with Crippen LogP contribution in [0.2, 0.25) is 5.02 Å². The second-order valence-electron chi connectivity index (χ2n) is 3.74. The van der Waals surface area contributed by atoms with E-state index in [-0.39, 0.29) is 0 Å². The average molecular weight is 255 g/mol. The molecule has 90 valence electrons. The van der Waals surface area contributed by atoms with E-state index in [0.29, 0.717) is 16.3 Å². The number of halogens is 1. The first-order valence-electron chi connectivity index (χ1n) is 4.98. The number of aryl methyl sites for hydroxylation is 1. The number of urea groups is 1. The predicted octanol–water partition coefficient (Wildman–Crippen LogP) is 1.54. The Balaban J connectivity index is 2.51. The van der Waals surface area contributed by atoms with Gasteiger partial charge in [0.25, 0.3) is 5.91 Å². The molecular formula is C11H11ClN2O3. The van der Waals surface area contributed by atoms with Gasteiger partial charge in [-0.05, 0) is 24.6 Å². The van der Waals surface area contributed by atoms with Gasteiger partial charge < -0.3 is 10.1 Å². The molecule has 1 aromatic rings. The molecule has 1 aromatic carbocycles. The number of rotatable bonds is 2. The molecule has 0 saturated carbocycles. The van der Waals surface area contributed by atoms with Crippen LogP contribution in [0.5, 0.6) is 5.75 Å². The summed E-state index contributed by atoms with van der Waals surface area (Å²) in [5, 5.41) is 5.17. The first-order chi connectivity index (χ1) is 8.02. The Hall–Kier alpha value is -1.75. The van der Waals surface area contributed by atoms with E-state index < -0.39 is 18.0 Å². The molecule has 0 spiro atoms. The Morgan fingerprint density at radius 1 is 1.35 bits per heavy atom. The van der Waals surface area contributed by atoms with Gasteiger partial charge >= 0.3 is 6.03 Å². The number of benzene rings is 1. The number of methoxy groups -OCH3 is 1. The molecule has 1 heterocycles. The molecule has 0 radical (unpaired) electrons. The lowest BCUT2D eigenvalue weighted by Crippen LogP contribution is -2.22. The first-order valence-corrected chi connectivity index (χ1v) is 5.36. The summed E-state index contributed by atoms with van der Waals surface area (Å²) in [6.45, 7) is 1.82. The largest absolute Gasteiger partial charge is 0.496 e. The number of amides is 3. The standard InChI is InChI=1S/C11H11ClN2O3/c1-5-3-6(12)4-7(9(5)17-2)8-10(15)14-11(16)13-8/h3-4,8H,1-2H3,(H2,13,14,15,16). The molecule has 2 N–H and O–H groups in total. The van der Waals surface area contributed by atoms with Crippen molar-refractivity contribution in [3.63, 3.8) is 0 Å². The highest BCUT2D eigenvalue weighted by Crippen LogP contribution is 2.33. The molecule has 1 aliphatic rings. The number of carbonyl (C=O) groups is 2. The first kappa shape index (κ1) is 11.7. The highest BCUT2D eigenvalue weighted by Gasteiger charge is 2.33. The van der Waals surface area contributed by atoms with Gasteiger partial charge in [-0.3, -0.25) is 10.1 Å². The third-order valence-corrected chi connectivity index (χ3v) is 2.78. The maximum absolute atomic E-state index is 11.6. The fourth-order valence-electron chi connectivity index (χ4n) is 1.88. The minimum absolute atomic E-state index is 0.407. The molecule has 0 aromatic heterocycles. The molecule has 0 bridgehead atoms. The third-order valence-electron chi connectivity index (χ3n) is 2.56. The number of carbonyl (C=O) groups excluding carboxylic acids is 2. The van der Waals surface area contributed by atoms with Crippen LogP contribution in [0, 0.1) is 6.92 Å². The summed E-state index contributed by atoms with van der Waals surface area (Å²) < 4.78 is 5.24. The van der Waals surface area contributed by atoms with E-state index in [2.05, 4.69) is 10.6 Å².